The van der Waals surface area contributed by atoms with E-state index in [4.69, 9.17) is 4.74 Å². The lowest BCUT2D eigenvalue weighted by atomic mass is 9.67. The fraction of sp³-hybridized carbons (Fsp3) is 0.941. The average Bonchev–Trinajstić information content (AvgIpc) is 2.45. The normalized spacial score (nSPS) is 35.8. The smallest absolute Gasteiger partial charge is 0.326 e. The molecule has 0 aromatic heterocycles. The van der Waals surface area contributed by atoms with Crippen LogP contribution in [0.25, 0.3) is 0 Å². The summed E-state index contributed by atoms with van der Waals surface area (Å²) in [6.45, 7) is 6.90. The first-order chi connectivity index (χ1) is 9.60. The van der Waals surface area contributed by atoms with Crippen molar-refractivity contribution in [3.05, 3.63) is 0 Å². The van der Waals surface area contributed by atoms with Crippen molar-refractivity contribution < 1.29 is 9.53 Å². The number of esters is 1. The molecule has 116 valence electrons. The molecule has 2 saturated carbocycles. The van der Waals surface area contributed by atoms with Gasteiger partial charge < -0.3 is 4.74 Å². The molecule has 1 N–H and O–H groups in total. The highest BCUT2D eigenvalue weighted by Gasteiger charge is 2.49. The van der Waals surface area contributed by atoms with Crippen molar-refractivity contribution >= 4 is 5.97 Å². The maximum Gasteiger partial charge on any atom is 0.326 e. The highest BCUT2D eigenvalue weighted by molar-refractivity contribution is 5.81. The zero-order chi connectivity index (χ0) is 14.6. The SMILES string of the molecule is CCOC(=O)C1(NC2CCCCC2)CCCC(C)C1C. The zero-order valence-corrected chi connectivity index (χ0v) is 13.4. The molecule has 2 aliphatic rings. The van der Waals surface area contributed by atoms with E-state index in [0.29, 0.717) is 24.5 Å². The predicted molar refractivity (Wildman–Crippen MR) is 81.6 cm³/mol. The third-order valence-corrected chi connectivity index (χ3v) is 5.57. The molecule has 3 heteroatoms. The lowest BCUT2D eigenvalue weighted by Crippen LogP contribution is -2.63. The maximum atomic E-state index is 12.7. The molecule has 0 aliphatic heterocycles. The number of carbonyl (C=O) groups excluding carboxylic acids is 1. The summed E-state index contributed by atoms with van der Waals surface area (Å²) in [5, 5.41) is 3.76. The number of hydrogen-bond donors (Lipinski definition) is 1. The standard InChI is InChI=1S/C17H31NO2/c1-4-20-16(19)17(12-8-9-13(2)14(17)3)18-15-10-6-5-7-11-15/h13-15,18H,4-12H2,1-3H3. The predicted octanol–water partition coefficient (Wildman–Crippen LogP) is 3.67. The second kappa shape index (κ2) is 6.93. The van der Waals surface area contributed by atoms with Crippen molar-refractivity contribution in [2.75, 3.05) is 6.61 Å². The van der Waals surface area contributed by atoms with E-state index in [1.165, 1.54) is 38.5 Å². The van der Waals surface area contributed by atoms with E-state index >= 15 is 0 Å². The van der Waals surface area contributed by atoms with E-state index in [1.54, 1.807) is 0 Å². The molecule has 0 amide bonds. The summed E-state index contributed by atoms with van der Waals surface area (Å²) in [5.41, 5.74) is -0.435. The molecule has 0 aromatic rings. The molecule has 0 bridgehead atoms. The van der Waals surface area contributed by atoms with Gasteiger partial charge in [-0.2, -0.15) is 0 Å². The Balaban J connectivity index is 2.16. The zero-order valence-electron chi connectivity index (χ0n) is 13.4. The lowest BCUT2D eigenvalue weighted by molar-refractivity contribution is -0.157. The van der Waals surface area contributed by atoms with Gasteiger partial charge in [-0.05, 0) is 38.0 Å². The fourth-order valence-corrected chi connectivity index (χ4v) is 4.09. The van der Waals surface area contributed by atoms with Gasteiger partial charge in [-0.25, -0.2) is 0 Å². The number of rotatable bonds is 4. The summed E-state index contributed by atoms with van der Waals surface area (Å²) in [6.07, 6.45) is 9.65. The Hall–Kier alpha value is -0.570. The summed E-state index contributed by atoms with van der Waals surface area (Å²) in [6, 6.07) is 0.501. The minimum absolute atomic E-state index is 0.00961. The Morgan fingerprint density at radius 3 is 2.50 bits per heavy atom. The third-order valence-electron chi connectivity index (χ3n) is 5.57. The van der Waals surface area contributed by atoms with Crippen molar-refractivity contribution in [3.8, 4) is 0 Å². The number of hydrogen-bond acceptors (Lipinski definition) is 3. The molecular formula is C17H31NO2. The molecule has 0 radical (unpaired) electrons. The van der Waals surface area contributed by atoms with Gasteiger partial charge >= 0.3 is 5.97 Å². The van der Waals surface area contributed by atoms with E-state index < -0.39 is 5.54 Å². The number of carbonyl (C=O) groups is 1. The Bertz CT molecular complexity index is 325. The van der Waals surface area contributed by atoms with Crippen molar-refractivity contribution in [2.24, 2.45) is 11.8 Å². The van der Waals surface area contributed by atoms with Crippen LogP contribution in [0.1, 0.15) is 72.1 Å². The van der Waals surface area contributed by atoms with Gasteiger partial charge in [0.1, 0.15) is 5.54 Å². The second-order valence-corrected chi connectivity index (χ2v) is 6.83. The minimum atomic E-state index is -0.435. The Morgan fingerprint density at radius 2 is 1.85 bits per heavy atom. The number of ether oxygens (including phenoxy) is 1. The first-order valence-electron chi connectivity index (χ1n) is 8.55. The molecule has 2 rings (SSSR count). The van der Waals surface area contributed by atoms with Gasteiger partial charge in [0.15, 0.2) is 0 Å². The first-order valence-corrected chi connectivity index (χ1v) is 8.55. The largest absolute Gasteiger partial charge is 0.465 e. The molecule has 20 heavy (non-hydrogen) atoms. The van der Waals surface area contributed by atoms with Gasteiger partial charge in [0.05, 0.1) is 6.61 Å². The van der Waals surface area contributed by atoms with E-state index in [2.05, 4.69) is 19.2 Å². The summed E-state index contributed by atoms with van der Waals surface area (Å²) >= 11 is 0. The molecule has 0 saturated heterocycles. The molecule has 2 fully saturated rings. The van der Waals surface area contributed by atoms with Crippen LogP contribution in [-0.2, 0) is 9.53 Å². The van der Waals surface area contributed by atoms with Gasteiger partial charge in [0.2, 0.25) is 0 Å². The van der Waals surface area contributed by atoms with Gasteiger partial charge in [-0.1, -0.05) is 46.0 Å². The van der Waals surface area contributed by atoms with Crippen molar-refractivity contribution in [2.45, 2.75) is 83.7 Å². The molecule has 3 atom stereocenters. The van der Waals surface area contributed by atoms with Crippen LogP contribution in [0.2, 0.25) is 0 Å². The number of nitrogens with one attached hydrogen (secondary N) is 1. The van der Waals surface area contributed by atoms with Crippen LogP contribution in [-0.4, -0.2) is 24.2 Å². The maximum absolute atomic E-state index is 12.7. The molecule has 0 aromatic carbocycles. The summed E-state index contributed by atoms with van der Waals surface area (Å²) in [7, 11) is 0. The molecule has 0 heterocycles. The van der Waals surface area contributed by atoms with Gasteiger partial charge in [-0.15, -0.1) is 0 Å². The molecule has 2 aliphatic carbocycles. The van der Waals surface area contributed by atoms with Crippen molar-refractivity contribution in [1.29, 1.82) is 0 Å². The van der Waals surface area contributed by atoms with E-state index in [0.717, 1.165) is 12.8 Å². The lowest BCUT2D eigenvalue weighted by Gasteiger charge is -2.46. The third kappa shape index (κ3) is 3.19. The Morgan fingerprint density at radius 1 is 1.15 bits per heavy atom. The van der Waals surface area contributed by atoms with Crippen LogP contribution >= 0.6 is 0 Å². The summed E-state index contributed by atoms with van der Waals surface area (Å²) < 4.78 is 5.44. The quantitative estimate of drug-likeness (QED) is 0.799. The van der Waals surface area contributed by atoms with Crippen molar-refractivity contribution in [1.82, 2.24) is 5.32 Å². The topological polar surface area (TPSA) is 38.3 Å². The second-order valence-electron chi connectivity index (χ2n) is 6.83. The fourth-order valence-electron chi connectivity index (χ4n) is 4.09. The average molecular weight is 281 g/mol. The van der Waals surface area contributed by atoms with Gasteiger partial charge in [0.25, 0.3) is 0 Å². The van der Waals surface area contributed by atoms with Crippen LogP contribution in [0.3, 0.4) is 0 Å². The van der Waals surface area contributed by atoms with Crippen LogP contribution in [0.5, 0.6) is 0 Å². The first kappa shape index (κ1) is 15.8. The van der Waals surface area contributed by atoms with Crippen LogP contribution < -0.4 is 5.32 Å². The Labute approximate surface area is 123 Å². The monoisotopic (exact) mass is 281 g/mol. The van der Waals surface area contributed by atoms with Gasteiger partial charge in [0, 0.05) is 6.04 Å². The van der Waals surface area contributed by atoms with E-state index in [1.807, 2.05) is 6.92 Å². The van der Waals surface area contributed by atoms with Crippen LogP contribution in [0, 0.1) is 11.8 Å². The highest BCUT2D eigenvalue weighted by atomic mass is 16.5. The van der Waals surface area contributed by atoms with Gasteiger partial charge in [-0.3, -0.25) is 10.1 Å². The van der Waals surface area contributed by atoms with Crippen molar-refractivity contribution in [3.63, 3.8) is 0 Å². The van der Waals surface area contributed by atoms with Crippen LogP contribution in [0.15, 0.2) is 0 Å². The summed E-state index contributed by atoms with van der Waals surface area (Å²) in [4.78, 5) is 12.7. The van der Waals surface area contributed by atoms with E-state index in [9.17, 15) is 4.79 Å². The molecular weight excluding hydrogens is 250 g/mol. The van der Waals surface area contributed by atoms with E-state index in [-0.39, 0.29) is 5.97 Å². The Kier molecular flexibility index (Phi) is 5.48. The molecule has 3 unspecified atom stereocenters. The highest BCUT2D eigenvalue weighted by Crippen LogP contribution is 2.39. The minimum Gasteiger partial charge on any atom is -0.465 e. The molecule has 3 nitrogen and oxygen atoms in total. The van der Waals surface area contributed by atoms with Crippen LogP contribution in [0.4, 0.5) is 0 Å². The summed E-state index contributed by atoms with van der Waals surface area (Å²) in [5.74, 6) is 0.936. The molecule has 0 spiro atoms.